The summed E-state index contributed by atoms with van der Waals surface area (Å²) in [4.78, 5) is 1.13. The fourth-order valence-corrected chi connectivity index (χ4v) is 3.30. The molecule has 0 fully saturated rings. The van der Waals surface area contributed by atoms with Crippen LogP contribution in [0, 0.1) is 0 Å². The first-order valence-corrected chi connectivity index (χ1v) is 7.27. The molecule has 0 saturated carbocycles. The van der Waals surface area contributed by atoms with Crippen molar-refractivity contribution in [2.24, 2.45) is 5.73 Å². The third kappa shape index (κ3) is 4.21. The Kier molecular flexibility index (Phi) is 4.57. The van der Waals surface area contributed by atoms with E-state index in [0.29, 0.717) is 19.4 Å². The van der Waals surface area contributed by atoms with Gasteiger partial charge in [-0.1, -0.05) is 6.07 Å². The lowest BCUT2D eigenvalue weighted by Gasteiger charge is -2.01. The molecule has 0 aliphatic heterocycles. The minimum Gasteiger partial charge on any atom is -0.330 e. The van der Waals surface area contributed by atoms with Crippen LogP contribution >= 0.6 is 11.3 Å². The molecule has 1 aromatic heterocycles. The van der Waals surface area contributed by atoms with Crippen LogP contribution in [0.5, 0.6) is 0 Å². The third-order valence-electron chi connectivity index (χ3n) is 1.90. The topological polar surface area (TPSA) is 60.2 Å². The summed E-state index contributed by atoms with van der Waals surface area (Å²) in [7, 11) is -2.89. The first-order chi connectivity index (χ1) is 6.64. The smallest absolute Gasteiger partial charge is 0.150 e. The first-order valence-electron chi connectivity index (χ1n) is 4.57. The second-order valence-corrected chi connectivity index (χ2v) is 6.46. The van der Waals surface area contributed by atoms with Crippen LogP contribution in [0.25, 0.3) is 0 Å². The zero-order valence-corrected chi connectivity index (χ0v) is 9.61. The van der Waals surface area contributed by atoms with Gasteiger partial charge in [0.05, 0.1) is 11.5 Å². The van der Waals surface area contributed by atoms with Crippen LogP contribution in [0.4, 0.5) is 0 Å². The highest BCUT2D eigenvalue weighted by Crippen LogP contribution is 2.10. The van der Waals surface area contributed by atoms with Gasteiger partial charge in [-0.15, -0.1) is 11.3 Å². The lowest BCUT2D eigenvalue weighted by atomic mass is 10.4. The molecule has 0 spiro atoms. The van der Waals surface area contributed by atoms with E-state index in [-0.39, 0.29) is 11.5 Å². The minimum absolute atomic E-state index is 0.217. The molecule has 0 unspecified atom stereocenters. The highest BCUT2D eigenvalue weighted by atomic mass is 32.2. The summed E-state index contributed by atoms with van der Waals surface area (Å²) in [6.45, 7) is 0.443. The SMILES string of the molecule is NCCCS(=O)(=O)CCc1cccs1. The molecule has 0 saturated heterocycles. The molecule has 1 rings (SSSR count). The zero-order valence-electron chi connectivity index (χ0n) is 7.98. The van der Waals surface area contributed by atoms with Gasteiger partial charge in [0.1, 0.15) is 0 Å². The molecule has 5 heteroatoms. The Morgan fingerprint density at radius 2 is 2.14 bits per heavy atom. The number of nitrogens with two attached hydrogens (primary N) is 1. The molecule has 1 heterocycles. The average Bonchev–Trinajstić information content (AvgIpc) is 2.64. The fraction of sp³-hybridized carbons (Fsp3) is 0.556. The van der Waals surface area contributed by atoms with Gasteiger partial charge in [-0.25, -0.2) is 8.42 Å². The molecule has 0 amide bonds. The van der Waals surface area contributed by atoms with E-state index in [0.717, 1.165) is 4.88 Å². The summed E-state index contributed by atoms with van der Waals surface area (Å²) < 4.78 is 22.9. The van der Waals surface area contributed by atoms with E-state index in [9.17, 15) is 8.42 Å². The number of aryl methyl sites for hydroxylation is 1. The minimum atomic E-state index is -2.89. The molecular weight excluding hydrogens is 218 g/mol. The van der Waals surface area contributed by atoms with Crippen LogP contribution in [0.3, 0.4) is 0 Å². The first kappa shape index (κ1) is 11.7. The van der Waals surface area contributed by atoms with Crippen LogP contribution in [0.2, 0.25) is 0 Å². The van der Waals surface area contributed by atoms with Crippen molar-refractivity contribution in [3.05, 3.63) is 22.4 Å². The molecule has 1 aromatic rings. The predicted octanol–water partition coefficient (Wildman–Crippen LogP) is 1.05. The van der Waals surface area contributed by atoms with E-state index in [1.54, 1.807) is 11.3 Å². The summed E-state index contributed by atoms with van der Waals surface area (Å²) in [5.41, 5.74) is 5.26. The Labute approximate surface area is 88.9 Å². The van der Waals surface area contributed by atoms with Gasteiger partial charge in [0.15, 0.2) is 9.84 Å². The molecule has 0 atom stereocenters. The van der Waals surface area contributed by atoms with Crippen LogP contribution in [-0.2, 0) is 16.3 Å². The molecule has 0 bridgehead atoms. The van der Waals surface area contributed by atoms with Crippen molar-refractivity contribution in [3.63, 3.8) is 0 Å². The molecule has 3 nitrogen and oxygen atoms in total. The van der Waals surface area contributed by atoms with Crippen molar-refractivity contribution in [2.45, 2.75) is 12.8 Å². The normalized spacial score (nSPS) is 11.8. The molecule has 0 aromatic carbocycles. The molecule has 0 aliphatic rings. The summed E-state index contributed by atoms with van der Waals surface area (Å²) in [6, 6.07) is 3.90. The lowest BCUT2D eigenvalue weighted by Crippen LogP contribution is -2.15. The van der Waals surface area contributed by atoms with Crippen LogP contribution < -0.4 is 5.73 Å². The van der Waals surface area contributed by atoms with Crippen molar-refractivity contribution in [1.29, 1.82) is 0 Å². The van der Waals surface area contributed by atoms with Crippen molar-refractivity contribution in [3.8, 4) is 0 Å². The Bertz CT molecular complexity index is 343. The van der Waals surface area contributed by atoms with E-state index in [2.05, 4.69) is 0 Å². The van der Waals surface area contributed by atoms with E-state index in [1.807, 2.05) is 17.5 Å². The highest BCUT2D eigenvalue weighted by Gasteiger charge is 2.10. The average molecular weight is 233 g/mol. The number of hydrogen-bond acceptors (Lipinski definition) is 4. The Morgan fingerprint density at radius 1 is 1.36 bits per heavy atom. The number of sulfone groups is 1. The lowest BCUT2D eigenvalue weighted by molar-refractivity contribution is 0.593. The van der Waals surface area contributed by atoms with Gasteiger partial charge in [-0.05, 0) is 30.8 Å². The Morgan fingerprint density at radius 3 is 2.71 bits per heavy atom. The van der Waals surface area contributed by atoms with Gasteiger partial charge in [0.25, 0.3) is 0 Å². The predicted molar refractivity (Wildman–Crippen MR) is 60.3 cm³/mol. The second kappa shape index (κ2) is 5.48. The summed E-state index contributed by atoms with van der Waals surface area (Å²) in [5.74, 6) is 0.461. The second-order valence-electron chi connectivity index (χ2n) is 3.12. The van der Waals surface area contributed by atoms with Crippen molar-refractivity contribution < 1.29 is 8.42 Å². The molecule has 0 radical (unpaired) electrons. The van der Waals surface area contributed by atoms with Gasteiger partial charge in [-0.2, -0.15) is 0 Å². The quantitative estimate of drug-likeness (QED) is 0.799. The molecule has 80 valence electrons. The van der Waals surface area contributed by atoms with E-state index in [4.69, 9.17) is 5.73 Å². The van der Waals surface area contributed by atoms with Crippen LogP contribution in [-0.4, -0.2) is 26.5 Å². The molecule has 2 N–H and O–H groups in total. The number of thiophene rings is 1. The van der Waals surface area contributed by atoms with E-state index < -0.39 is 9.84 Å². The number of rotatable bonds is 6. The summed E-state index contributed by atoms with van der Waals surface area (Å²) >= 11 is 1.60. The summed E-state index contributed by atoms with van der Waals surface area (Å²) in [5, 5.41) is 1.96. The van der Waals surface area contributed by atoms with Gasteiger partial charge in [-0.3, -0.25) is 0 Å². The molecule has 14 heavy (non-hydrogen) atoms. The van der Waals surface area contributed by atoms with Gasteiger partial charge < -0.3 is 5.73 Å². The third-order valence-corrected chi connectivity index (χ3v) is 4.57. The highest BCUT2D eigenvalue weighted by molar-refractivity contribution is 7.91. The molecular formula is C9H15NO2S2. The van der Waals surface area contributed by atoms with Crippen molar-refractivity contribution in [1.82, 2.24) is 0 Å². The van der Waals surface area contributed by atoms with Crippen molar-refractivity contribution >= 4 is 21.2 Å². The molecule has 0 aliphatic carbocycles. The monoisotopic (exact) mass is 233 g/mol. The van der Waals surface area contributed by atoms with Crippen LogP contribution in [0.15, 0.2) is 17.5 Å². The Balaban J connectivity index is 2.37. The van der Waals surface area contributed by atoms with Gasteiger partial charge in [0, 0.05) is 4.88 Å². The maximum absolute atomic E-state index is 11.4. The van der Waals surface area contributed by atoms with Crippen molar-refractivity contribution in [2.75, 3.05) is 18.1 Å². The fourth-order valence-electron chi connectivity index (χ4n) is 1.12. The number of hydrogen-bond donors (Lipinski definition) is 1. The van der Waals surface area contributed by atoms with E-state index in [1.165, 1.54) is 0 Å². The maximum Gasteiger partial charge on any atom is 0.150 e. The standard InChI is InChI=1S/C9H15NO2S2/c10-5-2-7-14(11,12)8-4-9-3-1-6-13-9/h1,3,6H,2,4-5,7-8,10H2. The van der Waals surface area contributed by atoms with Gasteiger partial charge >= 0.3 is 0 Å². The van der Waals surface area contributed by atoms with Gasteiger partial charge in [0.2, 0.25) is 0 Å². The Hall–Kier alpha value is -0.390. The zero-order chi connectivity index (χ0) is 10.4. The summed E-state index contributed by atoms with van der Waals surface area (Å²) in [6.07, 6.45) is 1.19. The maximum atomic E-state index is 11.4. The van der Waals surface area contributed by atoms with E-state index >= 15 is 0 Å². The largest absolute Gasteiger partial charge is 0.330 e. The van der Waals surface area contributed by atoms with Crippen LogP contribution in [0.1, 0.15) is 11.3 Å².